The van der Waals surface area contributed by atoms with Gasteiger partial charge in [0.2, 0.25) is 0 Å². The highest BCUT2D eigenvalue weighted by molar-refractivity contribution is 8.26. The van der Waals surface area contributed by atoms with Crippen LogP contribution in [0.15, 0.2) is 243 Å². The summed E-state index contributed by atoms with van der Waals surface area (Å²) < 4.78 is 2.35. The molecule has 0 aliphatic carbocycles. The quantitative estimate of drug-likeness (QED) is 0.112. The van der Waals surface area contributed by atoms with Gasteiger partial charge < -0.3 is 0 Å². The number of nitrogens with zero attached hydrogens (tertiary/aromatic N) is 4. The van der Waals surface area contributed by atoms with Gasteiger partial charge in [0.25, 0.3) is 0 Å². The van der Waals surface area contributed by atoms with Gasteiger partial charge in [-0.25, -0.2) is 4.98 Å². The molecule has 0 unspecified atom stereocenters. The van der Waals surface area contributed by atoms with Gasteiger partial charge in [-0.15, -0.1) is 0 Å². The zero-order chi connectivity index (χ0) is 46.1. The first-order valence-electron chi connectivity index (χ1n) is 22.9. The van der Waals surface area contributed by atoms with Crippen LogP contribution in [-0.4, -0.2) is 19.4 Å². The van der Waals surface area contributed by atoms with E-state index in [1.165, 1.54) is 26.8 Å². The van der Waals surface area contributed by atoms with Gasteiger partial charge in [-0.2, -0.15) is 0 Å². The predicted molar refractivity (Wildman–Crippen MR) is 301 cm³/mol. The van der Waals surface area contributed by atoms with Crippen LogP contribution < -0.4 is 31.8 Å². The summed E-state index contributed by atoms with van der Waals surface area (Å²) in [4.78, 5) is 15.7. The number of hydrogen-bond acceptors (Lipinski definition) is 5. The van der Waals surface area contributed by atoms with Gasteiger partial charge in [0.15, 0.2) is 0 Å². The summed E-state index contributed by atoms with van der Waals surface area (Å²) >= 11 is 13.3. The number of pyridine rings is 3. The molecule has 69 heavy (non-hydrogen) atoms. The summed E-state index contributed by atoms with van der Waals surface area (Å²) in [5, 5.41) is 13.7. The van der Waals surface area contributed by atoms with E-state index in [0.29, 0.717) is 0 Å². The Morgan fingerprint density at radius 1 is 0.348 bits per heavy atom. The third-order valence-corrected chi connectivity index (χ3v) is 23.5. The molecule has 13 aromatic rings. The van der Waals surface area contributed by atoms with Gasteiger partial charge in [-0.3, -0.25) is 14.4 Å². The Bertz CT molecular complexity index is 4150. The normalized spacial score (nSPS) is 12.2. The van der Waals surface area contributed by atoms with E-state index in [1.54, 1.807) is 0 Å². The van der Waals surface area contributed by atoms with Crippen LogP contribution in [0.1, 0.15) is 0 Å². The van der Waals surface area contributed by atoms with Crippen LogP contribution in [0.3, 0.4) is 0 Å². The van der Waals surface area contributed by atoms with Gasteiger partial charge in [-0.05, 0) is 90.7 Å². The van der Waals surface area contributed by atoms with Crippen molar-refractivity contribution in [3.63, 3.8) is 0 Å². The van der Waals surface area contributed by atoms with Crippen molar-refractivity contribution >= 4 is 128 Å². The molecule has 9 aromatic carbocycles. The van der Waals surface area contributed by atoms with Crippen molar-refractivity contribution in [3.05, 3.63) is 243 Å². The monoisotopic (exact) mass is 954 g/mol. The van der Waals surface area contributed by atoms with E-state index in [-0.39, 0.29) is 0 Å². The maximum Gasteiger partial charge on any atom is 0.147 e. The van der Waals surface area contributed by atoms with Crippen molar-refractivity contribution in [3.8, 4) is 22.4 Å². The van der Waals surface area contributed by atoms with E-state index in [0.717, 1.165) is 87.5 Å². The molecule has 0 N–H and O–H groups in total. The summed E-state index contributed by atoms with van der Waals surface area (Å²) in [6, 6.07) is 77.0. The minimum atomic E-state index is -2.35. The molecule has 0 aliphatic heterocycles. The highest BCUT2D eigenvalue weighted by Crippen LogP contribution is 2.45. The zero-order valence-electron chi connectivity index (χ0n) is 37.1. The minimum Gasteiger partial charge on any atom is -0.292 e. The van der Waals surface area contributed by atoms with Gasteiger partial charge in [-0.1, -0.05) is 212 Å². The van der Waals surface area contributed by atoms with Crippen molar-refractivity contribution < 1.29 is 0 Å². The molecule has 0 amide bonds. The molecule has 0 saturated heterocycles. The largest absolute Gasteiger partial charge is 0.292 e. The summed E-state index contributed by atoms with van der Waals surface area (Å²) in [7, 11) is 0. The molecule has 4 nitrogen and oxygen atoms in total. The molecule has 0 radical (unpaired) electrons. The molecule has 0 spiro atoms. The lowest BCUT2D eigenvalue weighted by atomic mass is 9.97. The molecule has 8 heteroatoms. The highest BCUT2D eigenvalue weighted by atomic mass is 32.4. The summed E-state index contributed by atoms with van der Waals surface area (Å²) in [6.07, 6.45) is 4.00. The lowest BCUT2D eigenvalue weighted by molar-refractivity contribution is 1.31. The highest BCUT2D eigenvalue weighted by Gasteiger charge is 2.27. The molecule has 13 rings (SSSR count). The van der Waals surface area contributed by atoms with E-state index >= 15 is 0 Å². The van der Waals surface area contributed by atoms with Gasteiger partial charge in [0.05, 0.1) is 27.8 Å². The molecule has 4 heterocycles. The Morgan fingerprint density at radius 2 is 0.913 bits per heavy atom. The van der Waals surface area contributed by atoms with Crippen molar-refractivity contribution in [2.75, 3.05) is 0 Å². The fraction of sp³-hybridized carbons (Fsp3) is 0. The third-order valence-electron chi connectivity index (χ3n) is 13.6. The van der Waals surface area contributed by atoms with E-state index in [4.69, 9.17) is 38.6 Å². The van der Waals surface area contributed by atoms with Crippen LogP contribution in [0, 0.1) is 0 Å². The number of benzene rings is 9. The molecule has 4 aromatic heterocycles. The maximum absolute atomic E-state index is 6.69. The van der Waals surface area contributed by atoms with Crippen LogP contribution >= 0.6 is 12.1 Å². The van der Waals surface area contributed by atoms with E-state index < -0.39 is 12.1 Å². The number of imidazole rings is 1. The first-order valence-corrected chi connectivity index (χ1v) is 28.6. The lowest BCUT2D eigenvalue weighted by Gasteiger charge is -2.24. The smallest absolute Gasteiger partial charge is 0.147 e. The van der Waals surface area contributed by atoms with Crippen LogP contribution in [-0.2, 0) is 23.6 Å². The summed E-state index contributed by atoms with van der Waals surface area (Å²) in [5.41, 5.74) is 8.85. The Morgan fingerprint density at radius 3 is 1.57 bits per heavy atom. The minimum absolute atomic E-state index is 0.878. The first-order chi connectivity index (χ1) is 33.9. The van der Waals surface area contributed by atoms with Crippen LogP contribution in [0.2, 0.25) is 0 Å². The Balaban J connectivity index is 0.959. The van der Waals surface area contributed by atoms with E-state index in [9.17, 15) is 0 Å². The van der Waals surface area contributed by atoms with Gasteiger partial charge in [0.1, 0.15) is 5.65 Å². The molecule has 0 aliphatic rings. The van der Waals surface area contributed by atoms with Gasteiger partial charge in [0, 0.05) is 57.1 Å². The van der Waals surface area contributed by atoms with Crippen molar-refractivity contribution in [2.24, 2.45) is 0 Å². The molecule has 0 saturated carbocycles. The fourth-order valence-corrected chi connectivity index (χ4v) is 17.5. The van der Waals surface area contributed by atoms with Crippen molar-refractivity contribution in [1.29, 1.82) is 0 Å². The fourth-order valence-electron chi connectivity index (χ4n) is 10.2. The number of rotatable bonds is 8. The number of fused-ring (bicyclic) bond motifs is 11. The lowest BCUT2D eigenvalue weighted by Crippen LogP contribution is -2.25. The summed E-state index contributed by atoms with van der Waals surface area (Å²) in [5.74, 6) is 0. The van der Waals surface area contributed by atoms with Crippen molar-refractivity contribution in [1.82, 2.24) is 19.4 Å². The molecule has 0 atom stereocenters. The van der Waals surface area contributed by atoms with Crippen LogP contribution in [0.25, 0.3) is 82.4 Å². The van der Waals surface area contributed by atoms with Crippen molar-refractivity contribution in [2.45, 2.75) is 0 Å². The average Bonchev–Trinajstić information content (AvgIpc) is 3.82. The second-order valence-corrected chi connectivity index (χ2v) is 26.3. The molecular formula is C61H40N4P2S2. The molecule has 0 fully saturated rings. The molecular weight excluding hydrogens is 915 g/mol. The third kappa shape index (κ3) is 6.82. The van der Waals surface area contributed by atoms with Gasteiger partial charge >= 0.3 is 0 Å². The molecule has 0 bridgehead atoms. The first kappa shape index (κ1) is 41.7. The Kier molecular flexibility index (Phi) is 10.1. The van der Waals surface area contributed by atoms with E-state index in [2.05, 4.69) is 223 Å². The Labute approximate surface area is 409 Å². The molecule has 326 valence electrons. The topological polar surface area (TPSA) is 43.1 Å². The predicted octanol–water partition coefficient (Wildman–Crippen LogP) is 12.7. The number of aromatic nitrogens is 4. The summed E-state index contributed by atoms with van der Waals surface area (Å²) in [6.45, 7) is 0. The van der Waals surface area contributed by atoms with Crippen LogP contribution in [0.4, 0.5) is 0 Å². The standard InChI is InChI=1S/C61H40N4P2S2/c68-66(46-16-5-1-6-17-46,47-18-7-2-8-19-47)50-29-25-43-35-45(39-62-57(43)38-50)42-27-31-53-54-32-26-41-15-13-14-24-52(41)60(54)61-64-56-33-28-44(37-59(56)65(61)58(53)36-42)55-34-30-51(40-63-55)67(69,48-20-9-3-10-21-48)49-22-11-4-12-23-49/h1-40H. The van der Waals surface area contributed by atoms with E-state index in [1.807, 2.05) is 24.5 Å². The second-order valence-electron chi connectivity index (χ2n) is 17.5. The number of hydrogen-bond donors (Lipinski definition) is 0. The average molecular weight is 955 g/mol. The second kappa shape index (κ2) is 16.7. The maximum atomic E-state index is 6.69. The SMILES string of the molecule is S=P(c1ccccc1)(c1ccccc1)c1ccc(-c2ccc3nc4c5c6ccccc6ccc5c5ccc(-c6cnc7cc(P(=S)(c8ccccc8)c8ccccc8)ccc7c6)cc5n4c3c2)nc1. The Hall–Kier alpha value is -7.43. The van der Waals surface area contributed by atoms with Crippen LogP contribution in [0.5, 0.6) is 0 Å². The zero-order valence-corrected chi connectivity index (χ0v) is 40.5.